The van der Waals surface area contributed by atoms with Crippen molar-refractivity contribution in [3.63, 3.8) is 0 Å². The molecule has 2 aromatic carbocycles. The van der Waals surface area contributed by atoms with Gasteiger partial charge in [0, 0.05) is 24.1 Å². The maximum atomic E-state index is 15.7. The Morgan fingerprint density at radius 1 is 1.06 bits per heavy atom. The molecule has 1 aliphatic heterocycles. The predicted octanol–water partition coefficient (Wildman–Crippen LogP) is 5.36. The molecule has 2 fully saturated rings. The van der Waals surface area contributed by atoms with Gasteiger partial charge < -0.3 is 9.64 Å². The lowest BCUT2D eigenvalue weighted by molar-refractivity contribution is 0.0597. The zero-order valence-electron chi connectivity index (χ0n) is 19.5. The third kappa shape index (κ3) is 4.00. The number of hydrogen-bond acceptors (Lipinski definition) is 4. The molecular weight excluding hydrogens is 433 g/mol. The smallest absolute Gasteiger partial charge is 0.341 e. The highest BCUT2D eigenvalue weighted by Gasteiger charge is 2.33. The van der Waals surface area contributed by atoms with Crippen LogP contribution in [0.5, 0.6) is 0 Å². The van der Waals surface area contributed by atoms with Crippen LogP contribution in [0.1, 0.15) is 71.4 Å². The highest BCUT2D eigenvalue weighted by atomic mass is 19.1. The van der Waals surface area contributed by atoms with Gasteiger partial charge in [-0.05, 0) is 62.8 Å². The number of hydrogen-bond donors (Lipinski definition) is 0. The molecule has 1 saturated carbocycles. The summed E-state index contributed by atoms with van der Waals surface area (Å²) in [4.78, 5) is 27.2. The van der Waals surface area contributed by atoms with Crippen LogP contribution in [0.2, 0.25) is 0 Å². The lowest BCUT2D eigenvalue weighted by Gasteiger charge is -2.33. The summed E-state index contributed by atoms with van der Waals surface area (Å²) in [6, 6.07) is 12.5. The largest absolute Gasteiger partial charge is 0.465 e. The SMILES string of the molecule is COC(=O)c1cnn(-c2cccc(-c3cccc(C(=O)N4CCCCC4C)c3F)c2)c1C1CC1. The fraction of sp³-hybridized carbons (Fsp3) is 0.370. The number of methoxy groups -OCH3 is 1. The Balaban J connectivity index is 1.52. The summed E-state index contributed by atoms with van der Waals surface area (Å²) in [5.41, 5.74) is 3.13. The standard InChI is InChI=1S/C27H28FN3O3/c1-17-7-3-4-14-30(17)26(32)22-11-6-10-21(24(22)28)19-8-5-9-20(15-19)31-25(18-12-13-18)23(16-29-31)27(33)34-2/h5-6,8-11,15-18H,3-4,7,12-14H2,1-2H3. The van der Waals surface area contributed by atoms with Gasteiger partial charge >= 0.3 is 5.97 Å². The molecule has 0 N–H and O–H groups in total. The summed E-state index contributed by atoms with van der Waals surface area (Å²) in [6.07, 6.45) is 6.49. The normalized spacial score (nSPS) is 18.1. The molecule has 1 aliphatic carbocycles. The molecule has 7 heteroatoms. The van der Waals surface area contributed by atoms with Crippen LogP contribution >= 0.6 is 0 Å². The van der Waals surface area contributed by atoms with Crippen molar-refractivity contribution in [1.29, 1.82) is 0 Å². The van der Waals surface area contributed by atoms with Gasteiger partial charge in [0.2, 0.25) is 0 Å². The molecule has 176 valence electrons. The zero-order valence-corrected chi connectivity index (χ0v) is 19.5. The summed E-state index contributed by atoms with van der Waals surface area (Å²) in [5, 5.41) is 4.45. The van der Waals surface area contributed by atoms with E-state index in [4.69, 9.17) is 4.74 Å². The molecule has 34 heavy (non-hydrogen) atoms. The van der Waals surface area contributed by atoms with Crippen LogP contribution in [0.4, 0.5) is 4.39 Å². The van der Waals surface area contributed by atoms with Crippen molar-refractivity contribution >= 4 is 11.9 Å². The van der Waals surface area contributed by atoms with E-state index in [0.717, 1.165) is 43.5 Å². The highest BCUT2D eigenvalue weighted by molar-refractivity contribution is 5.96. The number of aromatic nitrogens is 2. The van der Waals surface area contributed by atoms with E-state index >= 15 is 4.39 Å². The van der Waals surface area contributed by atoms with Crippen LogP contribution in [0.25, 0.3) is 16.8 Å². The summed E-state index contributed by atoms with van der Waals surface area (Å²) >= 11 is 0. The topological polar surface area (TPSA) is 64.4 Å². The molecule has 5 rings (SSSR count). The number of carbonyl (C=O) groups excluding carboxylic acids is 2. The Bertz CT molecular complexity index is 1250. The van der Waals surface area contributed by atoms with Gasteiger partial charge in [-0.2, -0.15) is 5.10 Å². The number of piperidine rings is 1. The van der Waals surface area contributed by atoms with E-state index in [1.807, 2.05) is 31.2 Å². The molecule has 1 unspecified atom stereocenters. The molecule has 2 aliphatic rings. The van der Waals surface area contributed by atoms with Gasteiger partial charge in [-0.15, -0.1) is 0 Å². The van der Waals surface area contributed by atoms with Gasteiger partial charge in [0.1, 0.15) is 11.4 Å². The van der Waals surface area contributed by atoms with Crippen molar-refractivity contribution in [2.75, 3.05) is 13.7 Å². The van der Waals surface area contributed by atoms with Gasteiger partial charge in [-0.1, -0.05) is 24.3 Å². The summed E-state index contributed by atoms with van der Waals surface area (Å²) in [5.74, 6) is -0.924. The molecule has 0 radical (unpaired) electrons. The number of halogens is 1. The summed E-state index contributed by atoms with van der Waals surface area (Å²) < 4.78 is 22.3. The van der Waals surface area contributed by atoms with Gasteiger partial charge in [0.15, 0.2) is 0 Å². The van der Waals surface area contributed by atoms with Crippen LogP contribution in [0.15, 0.2) is 48.7 Å². The number of nitrogens with zero attached hydrogens (tertiary/aromatic N) is 3. The number of rotatable bonds is 5. The molecule has 2 heterocycles. The highest BCUT2D eigenvalue weighted by Crippen LogP contribution is 2.43. The fourth-order valence-corrected chi connectivity index (χ4v) is 4.86. The van der Waals surface area contributed by atoms with Crippen molar-refractivity contribution in [2.45, 2.75) is 51.0 Å². The van der Waals surface area contributed by atoms with Crippen LogP contribution in [-0.2, 0) is 4.74 Å². The van der Waals surface area contributed by atoms with E-state index in [1.165, 1.54) is 13.3 Å². The van der Waals surface area contributed by atoms with E-state index in [1.54, 1.807) is 27.8 Å². The van der Waals surface area contributed by atoms with Crippen molar-refractivity contribution in [2.24, 2.45) is 0 Å². The van der Waals surface area contributed by atoms with Crippen LogP contribution in [-0.4, -0.2) is 46.3 Å². The molecule has 1 atom stereocenters. The Morgan fingerprint density at radius 2 is 1.85 bits per heavy atom. The minimum atomic E-state index is -0.513. The predicted molar refractivity (Wildman–Crippen MR) is 127 cm³/mol. The van der Waals surface area contributed by atoms with Crippen molar-refractivity contribution in [3.8, 4) is 16.8 Å². The van der Waals surface area contributed by atoms with E-state index in [2.05, 4.69) is 5.10 Å². The number of carbonyl (C=O) groups is 2. The van der Waals surface area contributed by atoms with Gasteiger partial charge in [-0.3, -0.25) is 4.79 Å². The summed E-state index contributed by atoms with van der Waals surface area (Å²) in [6.45, 7) is 2.68. The van der Waals surface area contributed by atoms with E-state index < -0.39 is 11.8 Å². The third-order valence-corrected chi connectivity index (χ3v) is 6.87. The summed E-state index contributed by atoms with van der Waals surface area (Å²) in [7, 11) is 1.36. The second kappa shape index (κ2) is 9.05. The molecule has 1 amide bonds. The number of benzene rings is 2. The van der Waals surface area contributed by atoms with Crippen LogP contribution in [0.3, 0.4) is 0 Å². The number of ether oxygens (including phenoxy) is 1. The monoisotopic (exact) mass is 461 g/mol. The van der Waals surface area contributed by atoms with Crippen LogP contribution < -0.4 is 0 Å². The quantitative estimate of drug-likeness (QED) is 0.480. The molecule has 0 bridgehead atoms. The van der Waals surface area contributed by atoms with Crippen molar-refractivity contribution in [1.82, 2.24) is 14.7 Å². The van der Waals surface area contributed by atoms with Gasteiger partial charge in [-0.25, -0.2) is 13.9 Å². The first-order valence-electron chi connectivity index (χ1n) is 11.9. The minimum Gasteiger partial charge on any atom is -0.465 e. The Hall–Kier alpha value is -3.48. The average Bonchev–Trinajstić information content (AvgIpc) is 3.61. The molecule has 3 aromatic rings. The maximum Gasteiger partial charge on any atom is 0.341 e. The Labute approximate surface area is 198 Å². The van der Waals surface area contributed by atoms with Gasteiger partial charge in [0.25, 0.3) is 5.91 Å². The second-order valence-corrected chi connectivity index (χ2v) is 9.18. The Morgan fingerprint density at radius 3 is 2.59 bits per heavy atom. The first-order valence-corrected chi connectivity index (χ1v) is 11.9. The van der Waals surface area contributed by atoms with Crippen molar-refractivity contribution in [3.05, 3.63) is 71.3 Å². The van der Waals surface area contributed by atoms with E-state index in [0.29, 0.717) is 23.2 Å². The first-order chi connectivity index (χ1) is 16.5. The number of likely N-dealkylation sites (tertiary alicyclic amines) is 1. The third-order valence-electron chi connectivity index (χ3n) is 6.87. The number of esters is 1. The number of amides is 1. The maximum absolute atomic E-state index is 15.7. The fourth-order valence-electron chi connectivity index (χ4n) is 4.86. The first kappa shape index (κ1) is 22.3. The van der Waals surface area contributed by atoms with Crippen LogP contribution in [0, 0.1) is 5.82 Å². The van der Waals surface area contributed by atoms with Gasteiger partial charge in [0.05, 0.1) is 30.3 Å². The van der Waals surface area contributed by atoms with E-state index in [9.17, 15) is 9.59 Å². The minimum absolute atomic E-state index is 0.0994. The lowest BCUT2D eigenvalue weighted by atomic mass is 9.98. The van der Waals surface area contributed by atoms with Crippen molar-refractivity contribution < 1.29 is 18.7 Å². The Kier molecular flexibility index (Phi) is 5.94. The molecule has 1 aromatic heterocycles. The molecule has 1 saturated heterocycles. The molecule has 6 nitrogen and oxygen atoms in total. The lowest BCUT2D eigenvalue weighted by Crippen LogP contribution is -2.42. The average molecular weight is 462 g/mol. The molecular formula is C27H28FN3O3. The van der Waals surface area contributed by atoms with E-state index in [-0.39, 0.29) is 23.4 Å². The molecule has 0 spiro atoms. The zero-order chi connectivity index (χ0) is 23.8. The second-order valence-electron chi connectivity index (χ2n) is 9.18.